The van der Waals surface area contributed by atoms with Crippen LogP contribution in [-0.4, -0.2) is 14.2 Å². The van der Waals surface area contributed by atoms with Gasteiger partial charge in [0.1, 0.15) is 0 Å². The summed E-state index contributed by atoms with van der Waals surface area (Å²) >= 11 is 0. The standard InChI is InChI=1S/C15H19NO2S/c1-3-11-19(17,18)16-12(2)14-10-6-8-13-7-4-5-9-15(13)14/h4-10,12,16H,3,11H2,1-2H3. The van der Waals surface area contributed by atoms with Crippen LogP contribution in [0.15, 0.2) is 42.5 Å². The summed E-state index contributed by atoms with van der Waals surface area (Å²) < 4.78 is 26.4. The van der Waals surface area contributed by atoms with E-state index in [1.165, 1.54) is 0 Å². The third-order valence-corrected chi connectivity index (χ3v) is 4.78. The maximum absolute atomic E-state index is 11.8. The molecule has 102 valence electrons. The number of rotatable bonds is 5. The summed E-state index contributed by atoms with van der Waals surface area (Å²) in [4.78, 5) is 0. The second-order valence-corrected chi connectivity index (χ2v) is 6.60. The van der Waals surface area contributed by atoms with Gasteiger partial charge in [-0.05, 0) is 29.7 Å². The van der Waals surface area contributed by atoms with Crippen LogP contribution in [0.25, 0.3) is 10.8 Å². The van der Waals surface area contributed by atoms with Crippen molar-refractivity contribution in [1.29, 1.82) is 0 Å². The first-order chi connectivity index (χ1) is 9.03. The van der Waals surface area contributed by atoms with Gasteiger partial charge in [-0.15, -0.1) is 0 Å². The minimum atomic E-state index is -3.20. The minimum Gasteiger partial charge on any atom is -0.212 e. The molecule has 0 bridgehead atoms. The molecule has 0 saturated heterocycles. The van der Waals surface area contributed by atoms with Crippen molar-refractivity contribution >= 4 is 20.8 Å². The zero-order valence-corrected chi connectivity index (χ0v) is 12.1. The van der Waals surface area contributed by atoms with Crippen LogP contribution >= 0.6 is 0 Å². The Labute approximate surface area is 114 Å². The number of fused-ring (bicyclic) bond motifs is 1. The van der Waals surface area contributed by atoms with Crippen LogP contribution in [-0.2, 0) is 10.0 Å². The molecule has 2 rings (SSSR count). The fourth-order valence-corrected chi connectivity index (χ4v) is 3.61. The molecule has 1 N–H and O–H groups in total. The summed E-state index contributed by atoms with van der Waals surface area (Å²) in [6.45, 7) is 3.75. The van der Waals surface area contributed by atoms with Gasteiger partial charge in [-0.25, -0.2) is 13.1 Å². The van der Waals surface area contributed by atoms with E-state index in [-0.39, 0.29) is 11.8 Å². The molecule has 19 heavy (non-hydrogen) atoms. The number of hydrogen-bond acceptors (Lipinski definition) is 2. The van der Waals surface area contributed by atoms with Crippen molar-refractivity contribution in [2.45, 2.75) is 26.3 Å². The number of sulfonamides is 1. The summed E-state index contributed by atoms with van der Waals surface area (Å²) in [6.07, 6.45) is 0.623. The molecule has 0 heterocycles. The van der Waals surface area contributed by atoms with E-state index < -0.39 is 10.0 Å². The highest BCUT2D eigenvalue weighted by molar-refractivity contribution is 7.89. The van der Waals surface area contributed by atoms with E-state index in [0.717, 1.165) is 16.3 Å². The van der Waals surface area contributed by atoms with E-state index in [0.29, 0.717) is 6.42 Å². The molecule has 0 saturated carbocycles. The predicted octanol–water partition coefficient (Wildman–Crippen LogP) is 3.23. The Bertz CT molecular complexity index is 659. The van der Waals surface area contributed by atoms with Gasteiger partial charge in [0, 0.05) is 6.04 Å². The highest BCUT2D eigenvalue weighted by Crippen LogP contribution is 2.24. The number of nitrogens with one attached hydrogen (secondary N) is 1. The van der Waals surface area contributed by atoms with Gasteiger partial charge in [-0.2, -0.15) is 0 Å². The van der Waals surface area contributed by atoms with Gasteiger partial charge in [0.25, 0.3) is 0 Å². The van der Waals surface area contributed by atoms with Crippen LogP contribution in [0.3, 0.4) is 0 Å². The molecule has 3 nitrogen and oxygen atoms in total. The molecule has 0 aromatic heterocycles. The van der Waals surface area contributed by atoms with Crippen molar-refractivity contribution in [3.8, 4) is 0 Å². The van der Waals surface area contributed by atoms with Gasteiger partial charge in [0.05, 0.1) is 5.75 Å². The molecule has 2 aromatic rings. The Hall–Kier alpha value is -1.39. The van der Waals surface area contributed by atoms with Gasteiger partial charge in [0.15, 0.2) is 0 Å². The molecule has 1 unspecified atom stereocenters. The molecule has 1 atom stereocenters. The first-order valence-electron chi connectivity index (χ1n) is 6.51. The topological polar surface area (TPSA) is 46.2 Å². The lowest BCUT2D eigenvalue weighted by molar-refractivity contribution is 0.566. The monoisotopic (exact) mass is 277 g/mol. The van der Waals surface area contributed by atoms with Crippen LogP contribution in [0.4, 0.5) is 0 Å². The largest absolute Gasteiger partial charge is 0.212 e. The molecule has 0 fully saturated rings. The first kappa shape index (κ1) is 14.0. The molecule has 0 spiro atoms. The zero-order chi connectivity index (χ0) is 13.9. The quantitative estimate of drug-likeness (QED) is 0.912. The summed E-state index contributed by atoms with van der Waals surface area (Å²) in [7, 11) is -3.20. The summed E-state index contributed by atoms with van der Waals surface area (Å²) in [5, 5.41) is 2.22. The first-order valence-corrected chi connectivity index (χ1v) is 8.16. The van der Waals surface area contributed by atoms with Gasteiger partial charge in [-0.3, -0.25) is 0 Å². The summed E-state index contributed by atoms with van der Waals surface area (Å²) in [5.41, 5.74) is 1.01. The molecule has 4 heteroatoms. The molecule has 0 radical (unpaired) electrons. The maximum atomic E-state index is 11.8. The summed E-state index contributed by atoms with van der Waals surface area (Å²) in [5.74, 6) is 0.169. The molecule has 2 aromatic carbocycles. The highest BCUT2D eigenvalue weighted by Gasteiger charge is 2.16. The second kappa shape index (κ2) is 5.72. The Morgan fingerprint density at radius 3 is 2.53 bits per heavy atom. The summed E-state index contributed by atoms with van der Waals surface area (Å²) in [6, 6.07) is 13.8. The molecule has 0 aliphatic heterocycles. The lowest BCUT2D eigenvalue weighted by Gasteiger charge is -2.16. The van der Waals surface area contributed by atoms with Crippen molar-refractivity contribution in [1.82, 2.24) is 4.72 Å². The molecular formula is C15H19NO2S. The third-order valence-electron chi connectivity index (χ3n) is 3.12. The number of benzene rings is 2. The van der Waals surface area contributed by atoms with E-state index in [2.05, 4.69) is 4.72 Å². The van der Waals surface area contributed by atoms with Crippen LogP contribution in [0.2, 0.25) is 0 Å². The van der Waals surface area contributed by atoms with Crippen molar-refractivity contribution < 1.29 is 8.42 Å². The van der Waals surface area contributed by atoms with Gasteiger partial charge >= 0.3 is 0 Å². The number of hydrogen-bond donors (Lipinski definition) is 1. The molecule has 0 aliphatic carbocycles. The van der Waals surface area contributed by atoms with E-state index >= 15 is 0 Å². The Morgan fingerprint density at radius 1 is 1.11 bits per heavy atom. The second-order valence-electron chi connectivity index (χ2n) is 4.73. The van der Waals surface area contributed by atoms with Gasteiger partial charge in [-0.1, -0.05) is 49.4 Å². The third kappa shape index (κ3) is 3.33. The fraction of sp³-hybridized carbons (Fsp3) is 0.333. The Kier molecular flexibility index (Phi) is 4.22. The van der Waals surface area contributed by atoms with Crippen LogP contribution in [0.1, 0.15) is 31.9 Å². The van der Waals surface area contributed by atoms with Crippen molar-refractivity contribution in [2.75, 3.05) is 5.75 Å². The Morgan fingerprint density at radius 2 is 1.79 bits per heavy atom. The van der Waals surface area contributed by atoms with Gasteiger partial charge < -0.3 is 0 Å². The predicted molar refractivity (Wildman–Crippen MR) is 79.6 cm³/mol. The highest BCUT2D eigenvalue weighted by atomic mass is 32.2. The lowest BCUT2D eigenvalue weighted by atomic mass is 10.0. The van der Waals surface area contributed by atoms with Crippen LogP contribution < -0.4 is 4.72 Å². The molecular weight excluding hydrogens is 258 g/mol. The lowest BCUT2D eigenvalue weighted by Crippen LogP contribution is -2.29. The van der Waals surface area contributed by atoms with Crippen LogP contribution in [0.5, 0.6) is 0 Å². The van der Waals surface area contributed by atoms with Crippen molar-refractivity contribution in [2.24, 2.45) is 0 Å². The zero-order valence-electron chi connectivity index (χ0n) is 11.3. The van der Waals surface area contributed by atoms with Crippen molar-refractivity contribution in [3.63, 3.8) is 0 Å². The SMILES string of the molecule is CCCS(=O)(=O)NC(C)c1cccc2ccccc12. The van der Waals surface area contributed by atoms with Crippen LogP contribution in [0, 0.1) is 0 Å². The minimum absolute atomic E-state index is 0.169. The van der Waals surface area contributed by atoms with E-state index in [4.69, 9.17) is 0 Å². The molecule has 0 aliphatic rings. The van der Waals surface area contributed by atoms with E-state index in [1.807, 2.05) is 56.3 Å². The fourth-order valence-electron chi connectivity index (χ4n) is 2.29. The van der Waals surface area contributed by atoms with E-state index in [9.17, 15) is 8.42 Å². The Balaban J connectivity index is 2.34. The average Bonchev–Trinajstić information content (AvgIpc) is 2.37. The smallest absolute Gasteiger partial charge is 0.212 e. The maximum Gasteiger partial charge on any atom is 0.212 e. The van der Waals surface area contributed by atoms with Gasteiger partial charge in [0.2, 0.25) is 10.0 Å². The normalized spacial score (nSPS) is 13.6. The van der Waals surface area contributed by atoms with Crippen molar-refractivity contribution in [3.05, 3.63) is 48.0 Å². The average molecular weight is 277 g/mol. The molecule has 0 amide bonds. The van der Waals surface area contributed by atoms with E-state index in [1.54, 1.807) is 0 Å².